The second kappa shape index (κ2) is 14.4. The molecule has 7 nitrogen and oxygen atoms in total. The normalized spacial score (nSPS) is 10.7. The summed E-state index contributed by atoms with van der Waals surface area (Å²) in [6.45, 7) is 3.30. The minimum absolute atomic E-state index is 0. The van der Waals surface area contributed by atoms with Crippen molar-refractivity contribution < 1.29 is 9.59 Å². The van der Waals surface area contributed by atoms with Crippen molar-refractivity contribution in [2.45, 2.75) is 32.7 Å². The average Bonchev–Trinajstić information content (AvgIpc) is 2.77. The number of carbonyl (C=O) groups excluding carboxylic acids is 2. The fourth-order valence-electron chi connectivity index (χ4n) is 3.01. The van der Waals surface area contributed by atoms with Crippen LogP contribution in [0.4, 0.5) is 5.69 Å². The molecule has 0 saturated carbocycles. The number of rotatable bonds is 9. The van der Waals surface area contributed by atoms with Crippen LogP contribution in [0.1, 0.15) is 41.3 Å². The van der Waals surface area contributed by atoms with Crippen molar-refractivity contribution in [3.63, 3.8) is 0 Å². The van der Waals surface area contributed by atoms with E-state index in [2.05, 4.69) is 20.9 Å². The Labute approximate surface area is 208 Å². The molecule has 2 aromatic carbocycles. The van der Waals surface area contributed by atoms with Gasteiger partial charge in [-0.15, -0.1) is 24.0 Å². The van der Waals surface area contributed by atoms with Gasteiger partial charge in [-0.3, -0.25) is 14.6 Å². The van der Waals surface area contributed by atoms with Crippen molar-refractivity contribution in [2.24, 2.45) is 4.99 Å². The SMILES string of the molecule is CCCC(=O)Nc1ccc(CNC(=NC)NCCc2cccc(C(=O)N(C)C)c2)cc1.I. The monoisotopic (exact) mass is 551 g/mol. The molecule has 0 bridgehead atoms. The van der Waals surface area contributed by atoms with Crippen LogP contribution in [0.15, 0.2) is 53.5 Å². The zero-order valence-corrected chi connectivity index (χ0v) is 21.6. The van der Waals surface area contributed by atoms with Crippen LogP contribution in [0.2, 0.25) is 0 Å². The molecule has 32 heavy (non-hydrogen) atoms. The quantitative estimate of drug-likeness (QED) is 0.253. The van der Waals surface area contributed by atoms with Crippen LogP contribution >= 0.6 is 24.0 Å². The van der Waals surface area contributed by atoms with Crippen LogP contribution in [0.25, 0.3) is 0 Å². The highest BCUT2D eigenvalue weighted by Gasteiger charge is 2.08. The van der Waals surface area contributed by atoms with E-state index in [0.717, 1.165) is 29.7 Å². The highest BCUT2D eigenvalue weighted by molar-refractivity contribution is 14.0. The average molecular weight is 551 g/mol. The number of carbonyl (C=O) groups is 2. The summed E-state index contributed by atoms with van der Waals surface area (Å²) in [5.41, 5.74) is 3.68. The van der Waals surface area contributed by atoms with Gasteiger partial charge in [-0.2, -0.15) is 0 Å². The van der Waals surface area contributed by atoms with Crippen LogP contribution in [-0.4, -0.2) is 50.4 Å². The number of nitrogens with one attached hydrogen (secondary N) is 3. The van der Waals surface area contributed by atoms with E-state index in [-0.39, 0.29) is 35.8 Å². The maximum atomic E-state index is 12.1. The molecule has 174 valence electrons. The topological polar surface area (TPSA) is 85.8 Å². The summed E-state index contributed by atoms with van der Waals surface area (Å²) in [4.78, 5) is 29.6. The molecule has 0 atom stereocenters. The molecule has 0 saturated heterocycles. The number of aliphatic imine (C=N–C) groups is 1. The molecule has 3 N–H and O–H groups in total. The number of guanidine groups is 1. The van der Waals surface area contributed by atoms with Gasteiger partial charge in [0.1, 0.15) is 0 Å². The van der Waals surface area contributed by atoms with Crippen molar-refractivity contribution in [2.75, 3.05) is 33.0 Å². The van der Waals surface area contributed by atoms with Gasteiger partial charge in [0.15, 0.2) is 5.96 Å². The van der Waals surface area contributed by atoms with E-state index < -0.39 is 0 Å². The lowest BCUT2D eigenvalue weighted by molar-refractivity contribution is -0.116. The van der Waals surface area contributed by atoms with Gasteiger partial charge in [0, 0.05) is 51.9 Å². The van der Waals surface area contributed by atoms with Gasteiger partial charge < -0.3 is 20.9 Å². The van der Waals surface area contributed by atoms with Crippen LogP contribution < -0.4 is 16.0 Å². The molecule has 0 aliphatic carbocycles. The van der Waals surface area contributed by atoms with Gasteiger partial charge in [-0.25, -0.2) is 0 Å². The zero-order valence-electron chi connectivity index (χ0n) is 19.3. The third kappa shape index (κ3) is 9.25. The summed E-state index contributed by atoms with van der Waals surface area (Å²) in [7, 11) is 5.24. The maximum Gasteiger partial charge on any atom is 0.253 e. The van der Waals surface area contributed by atoms with Crippen molar-refractivity contribution in [1.82, 2.24) is 15.5 Å². The Morgan fingerprint density at radius 3 is 2.34 bits per heavy atom. The largest absolute Gasteiger partial charge is 0.356 e. The highest BCUT2D eigenvalue weighted by Crippen LogP contribution is 2.10. The molecule has 2 amide bonds. The van der Waals surface area contributed by atoms with E-state index in [1.54, 1.807) is 26.0 Å². The van der Waals surface area contributed by atoms with Crippen molar-refractivity contribution >= 4 is 47.4 Å². The number of nitrogens with zero attached hydrogens (tertiary/aromatic N) is 2. The van der Waals surface area contributed by atoms with E-state index in [9.17, 15) is 9.59 Å². The summed E-state index contributed by atoms with van der Waals surface area (Å²) in [5.74, 6) is 0.749. The maximum absolute atomic E-state index is 12.1. The molecular weight excluding hydrogens is 517 g/mol. The zero-order chi connectivity index (χ0) is 22.6. The standard InChI is InChI=1S/C24H33N5O2.HI/c1-5-7-22(30)28-21-12-10-19(11-13-21)17-27-24(25-2)26-15-14-18-8-6-9-20(16-18)23(31)29(3)4;/h6,8-13,16H,5,7,14-15,17H2,1-4H3,(H,28,30)(H2,25,26,27);1H. The smallest absolute Gasteiger partial charge is 0.253 e. The van der Waals surface area contributed by atoms with E-state index in [1.165, 1.54) is 0 Å². The first-order valence-corrected chi connectivity index (χ1v) is 10.6. The van der Waals surface area contributed by atoms with Crippen LogP contribution in [0.3, 0.4) is 0 Å². The Bertz CT molecular complexity index is 898. The lowest BCUT2D eigenvalue weighted by Crippen LogP contribution is -2.37. The summed E-state index contributed by atoms with van der Waals surface area (Å²) in [5, 5.41) is 9.47. The third-order valence-corrected chi connectivity index (χ3v) is 4.68. The predicted octanol–water partition coefficient (Wildman–Crippen LogP) is 3.65. The minimum atomic E-state index is 0. The summed E-state index contributed by atoms with van der Waals surface area (Å²) < 4.78 is 0. The van der Waals surface area contributed by atoms with Gasteiger partial charge in [-0.05, 0) is 48.2 Å². The van der Waals surface area contributed by atoms with Crippen molar-refractivity contribution in [3.8, 4) is 0 Å². The molecule has 0 unspecified atom stereocenters. The summed E-state index contributed by atoms with van der Waals surface area (Å²) in [6, 6.07) is 15.5. The van der Waals surface area contributed by atoms with Crippen LogP contribution in [0.5, 0.6) is 0 Å². The molecule has 0 aliphatic rings. The molecule has 0 aliphatic heterocycles. The Hall–Kier alpha value is -2.62. The van der Waals surface area contributed by atoms with Gasteiger partial charge in [0.05, 0.1) is 0 Å². The summed E-state index contributed by atoms with van der Waals surface area (Å²) in [6.07, 6.45) is 2.14. The van der Waals surface area contributed by atoms with Gasteiger partial charge in [-0.1, -0.05) is 31.2 Å². The second-order valence-electron chi connectivity index (χ2n) is 7.50. The predicted molar refractivity (Wildman–Crippen MR) is 142 cm³/mol. The minimum Gasteiger partial charge on any atom is -0.356 e. The molecule has 2 rings (SSSR count). The fraction of sp³-hybridized carbons (Fsp3) is 0.375. The van der Waals surface area contributed by atoms with E-state index >= 15 is 0 Å². The fourth-order valence-corrected chi connectivity index (χ4v) is 3.01. The first kappa shape index (κ1) is 27.4. The lowest BCUT2D eigenvalue weighted by atomic mass is 10.1. The Morgan fingerprint density at radius 1 is 1.00 bits per heavy atom. The molecular formula is C24H34IN5O2. The number of benzene rings is 2. The van der Waals surface area contributed by atoms with Crippen molar-refractivity contribution in [1.29, 1.82) is 0 Å². The number of anilines is 1. The number of hydrogen-bond donors (Lipinski definition) is 3. The van der Waals surface area contributed by atoms with Crippen molar-refractivity contribution in [3.05, 3.63) is 65.2 Å². The van der Waals surface area contributed by atoms with Crippen LogP contribution in [0, 0.1) is 0 Å². The molecule has 8 heteroatoms. The van der Waals surface area contributed by atoms with Gasteiger partial charge >= 0.3 is 0 Å². The lowest BCUT2D eigenvalue weighted by Gasteiger charge is -2.13. The first-order chi connectivity index (χ1) is 14.9. The van der Waals surface area contributed by atoms with Gasteiger partial charge in [0.2, 0.25) is 5.91 Å². The third-order valence-electron chi connectivity index (χ3n) is 4.68. The molecule has 0 spiro atoms. The summed E-state index contributed by atoms with van der Waals surface area (Å²) >= 11 is 0. The molecule has 0 heterocycles. The first-order valence-electron chi connectivity index (χ1n) is 10.6. The van der Waals surface area contributed by atoms with Gasteiger partial charge in [0.25, 0.3) is 5.91 Å². The number of amides is 2. The Balaban J connectivity index is 0.00000512. The molecule has 2 aromatic rings. The molecule has 0 radical (unpaired) electrons. The van der Waals surface area contributed by atoms with E-state index in [4.69, 9.17) is 0 Å². The van der Waals surface area contributed by atoms with E-state index in [1.807, 2.05) is 55.5 Å². The number of halogens is 1. The molecule has 0 aromatic heterocycles. The highest BCUT2D eigenvalue weighted by atomic mass is 127. The second-order valence-corrected chi connectivity index (χ2v) is 7.50. The Kier molecular flexibility index (Phi) is 12.4. The van der Waals surface area contributed by atoms with E-state index in [0.29, 0.717) is 31.0 Å². The van der Waals surface area contributed by atoms with Crippen LogP contribution in [-0.2, 0) is 17.8 Å². The number of hydrogen-bond acceptors (Lipinski definition) is 3. The Morgan fingerprint density at radius 2 is 1.72 bits per heavy atom. The molecule has 0 fully saturated rings.